The molecule has 0 aromatic heterocycles. The minimum atomic E-state index is -0.235. The zero-order valence-corrected chi connectivity index (χ0v) is 17.2. The van der Waals surface area contributed by atoms with Gasteiger partial charge in [0.25, 0.3) is 5.91 Å². The highest BCUT2D eigenvalue weighted by atomic mass is 35.5. The standard InChI is InChI=1S/C21H22Cl2N2O3/c1-28-20-17(23)9-8-16(22)19(20)21(27)25-13-11-24(12-14-25)18(26)10-7-15-5-3-2-4-6-15/h2-6,8-9H,7,10-14H2,1H3. The van der Waals surface area contributed by atoms with Crippen LogP contribution >= 0.6 is 23.2 Å². The van der Waals surface area contributed by atoms with E-state index in [9.17, 15) is 9.59 Å². The minimum absolute atomic E-state index is 0.106. The topological polar surface area (TPSA) is 49.9 Å². The molecule has 2 aromatic carbocycles. The zero-order valence-electron chi connectivity index (χ0n) is 15.7. The monoisotopic (exact) mass is 420 g/mol. The lowest BCUT2D eigenvalue weighted by Crippen LogP contribution is -2.50. The van der Waals surface area contributed by atoms with Crippen LogP contribution in [0.1, 0.15) is 22.3 Å². The third kappa shape index (κ3) is 4.59. The normalized spacial score (nSPS) is 14.1. The SMILES string of the molecule is COc1c(Cl)ccc(Cl)c1C(=O)N1CCN(C(=O)CCc2ccccc2)CC1. The van der Waals surface area contributed by atoms with Crippen LogP contribution in [0.15, 0.2) is 42.5 Å². The van der Waals surface area contributed by atoms with Gasteiger partial charge in [-0.05, 0) is 24.1 Å². The first-order valence-electron chi connectivity index (χ1n) is 9.14. The van der Waals surface area contributed by atoms with Crippen molar-refractivity contribution in [3.05, 3.63) is 63.6 Å². The molecule has 1 saturated heterocycles. The summed E-state index contributed by atoms with van der Waals surface area (Å²) >= 11 is 12.3. The number of carbonyl (C=O) groups is 2. The van der Waals surface area contributed by atoms with Crippen LogP contribution < -0.4 is 4.74 Å². The van der Waals surface area contributed by atoms with E-state index < -0.39 is 0 Å². The first-order chi connectivity index (χ1) is 13.5. The number of nitrogens with zero attached hydrogens (tertiary/aromatic N) is 2. The molecule has 3 rings (SSSR count). The molecule has 28 heavy (non-hydrogen) atoms. The van der Waals surface area contributed by atoms with Crippen LogP contribution in [0.4, 0.5) is 0 Å². The summed E-state index contributed by atoms with van der Waals surface area (Å²) in [7, 11) is 1.46. The number of benzene rings is 2. The average molecular weight is 421 g/mol. The molecular formula is C21H22Cl2N2O3. The van der Waals surface area contributed by atoms with E-state index in [0.29, 0.717) is 49.1 Å². The molecule has 2 aromatic rings. The quantitative estimate of drug-likeness (QED) is 0.736. The maximum absolute atomic E-state index is 12.9. The number of halogens is 2. The van der Waals surface area contributed by atoms with Gasteiger partial charge in [0, 0.05) is 32.6 Å². The van der Waals surface area contributed by atoms with Crippen LogP contribution in [-0.4, -0.2) is 54.9 Å². The molecule has 2 amide bonds. The number of hydrogen-bond acceptors (Lipinski definition) is 3. The van der Waals surface area contributed by atoms with E-state index in [1.807, 2.05) is 35.2 Å². The molecule has 1 aliphatic heterocycles. The van der Waals surface area contributed by atoms with Gasteiger partial charge in [-0.1, -0.05) is 53.5 Å². The predicted molar refractivity (Wildman–Crippen MR) is 110 cm³/mol. The summed E-state index contributed by atoms with van der Waals surface area (Å²) in [5.41, 5.74) is 1.41. The van der Waals surface area contributed by atoms with Crippen molar-refractivity contribution in [2.24, 2.45) is 0 Å². The van der Waals surface area contributed by atoms with Crippen molar-refractivity contribution in [3.63, 3.8) is 0 Å². The molecular weight excluding hydrogens is 399 g/mol. The van der Waals surface area contributed by atoms with Crippen molar-refractivity contribution in [1.29, 1.82) is 0 Å². The number of carbonyl (C=O) groups excluding carboxylic acids is 2. The first kappa shape index (κ1) is 20.5. The number of rotatable bonds is 5. The van der Waals surface area contributed by atoms with E-state index >= 15 is 0 Å². The highest BCUT2D eigenvalue weighted by molar-refractivity contribution is 6.37. The molecule has 1 fully saturated rings. The van der Waals surface area contributed by atoms with Crippen molar-refractivity contribution < 1.29 is 14.3 Å². The fourth-order valence-corrected chi connectivity index (χ4v) is 3.77. The number of hydrogen-bond donors (Lipinski definition) is 0. The number of amides is 2. The average Bonchev–Trinajstić information content (AvgIpc) is 2.73. The van der Waals surface area contributed by atoms with E-state index in [1.165, 1.54) is 7.11 Å². The van der Waals surface area contributed by atoms with Crippen LogP contribution in [0.3, 0.4) is 0 Å². The van der Waals surface area contributed by atoms with E-state index in [4.69, 9.17) is 27.9 Å². The molecule has 0 radical (unpaired) electrons. The Hall–Kier alpha value is -2.24. The van der Waals surface area contributed by atoms with E-state index in [0.717, 1.165) is 5.56 Å². The van der Waals surface area contributed by atoms with Crippen molar-refractivity contribution in [3.8, 4) is 5.75 Å². The Morgan fingerprint density at radius 1 is 0.929 bits per heavy atom. The minimum Gasteiger partial charge on any atom is -0.494 e. The molecule has 0 spiro atoms. The maximum Gasteiger partial charge on any atom is 0.259 e. The Balaban J connectivity index is 1.59. The van der Waals surface area contributed by atoms with Crippen LogP contribution in [0.25, 0.3) is 0 Å². The van der Waals surface area contributed by atoms with E-state index in [-0.39, 0.29) is 23.1 Å². The highest BCUT2D eigenvalue weighted by Gasteiger charge is 2.28. The van der Waals surface area contributed by atoms with E-state index in [2.05, 4.69) is 0 Å². The van der Waals surface area contributed by atoms with Crippen molar-refractivity contribution in [2.75, 3.05) is 33.3 Å². The van der Waals surface area contributed by atoms with Gasteiger partial charge in [-0.15, -0.1) is 0 Å². The van der Waals surface area contributed by atoms with Gasteiger partial charge in [0.2, 0.25) is 5.91 Å². The Labute approximate surface area is 174 Å². The summed E-state index contributed by atoms with van der Waals surface area (Å²) in [6.45, 7) is 1.89. The molecule has 148 valence electrons. The summed E-state index contributed by atoms with van der Waals surface area (Å²) in [4.78, 5) is 28.9. The van der Waals surface area contributed by atoms with Crippen LogP contribution in [0.5, 0.6) is 5.75 Å². The zero-order chi connectivity index (χ0) is 20.1. The van der Waals surface area contributed by atoms with Crippen molar-refractivity contribution >= 4 is 35.0 Å². The molecule has 1 aliphatic rings. The molecule has 0 unspecified atom stereocenters. The Morgan fingerprint density at radius 2 is 1.54 bits per heavy atom. The highest BCUT2D eigenvalue weighted by Crippen LogP contribution is 2.34. The summed E-state index contributed by atoms with van der Waals surface area (Å²) in [5, 5.41) is 0.637. The smallest absolute Gasteiger partial charge is 0.259 e. The third-order valence-electron chi connectivity index (χ3n) is 4.87. The molecule has 0 aliphatic carbocycles. The summed E-state index contributed by atoms with van der Waals surface area (Å²) < 4.78 is 5.27. The fraction of sp³-hybridized carbons (Fsp3) is 0.333. The van der Waals surface area contributed by atoms with Gasteiger partial charge in [0.1, 0.15) is 5.56 Å². The van der Waals surface area contributed by atoms with Gasteiger partial charge in [0.05, 0.1) is 17.2 Å². The largest absolute Gasteiger partial charge is 0.494 e. The lowest BCUT2D eigenvalue weighted by atomic mass is 10.1. The number of methoxy groups -OCH3 is 1. The lowest BCUT2D eigenvalue weighted by molar-refractivity contribution is -0.132. The van der Waals surface area contributed by atoms with Crippen LogP contribution in [0.2, 0.25) is 10.0 Å². The van der Waals surface area contributed by atoms with Gasteiger partial charge < -0.3 is 14.5 Å². The number of aryl methyl sites for hydroxylation is 1. The van der Waals surface area contributed by atoms with Gasteiger partial charge >= 0.3 is 0 Å². The predicted octanol–water partition coefficient (Wildman–Crippen LogP) is 3.92. The molecule has 1 heterocycles. The van der Waals surface area contributed by atoms with Crippen LogP contribution in [-0.2, 0) is 11.2 Å². The molecule has 5 nitrogen and oxygen atoms in total. The van der Waals surface area contributed by atoms with Crippen LogP contribution in [0, 0.1) is 0 Å². The third-order valence-corrected chi connectivity index (χ3v) is 5.48. The molecule has 0 N–H and O–H groups in total. The first-order valence-corrected chi connectivity index (χ1v) is 9.90. The van der Waals surface area contributed by atoms with Gasteiger partial charge in [-0.3, -0.25) is 9.59 Å². The molecule has 0 bridgehead atoms. The second-order valence-corrected chi connectivity index (χ2v) is 7.41. The Kier molecular flexibility index (Phi) is 6.81. The maximum atomic E-state index is 12.9. The Morgan fingerprint density at radius 3 is 2.18 bits per heavy atom. The van der Waals surface area contributed by atoms with Crippen molar-refractivity contribution in [2.45, 2.75) is 12.8 Å². The van der Waals surface area contributed by atoms with Gasteiger partial charge in [-0.25, -0.2) is 0 Å². The molecule has 0 saturated carbocycles. The van der Waals surface area contributed by atoms with E-state index in [1.54, 1.807) is 17.0 Å². The van der Waals surface area contributed by atoms with Gasteiger partial charge in [0.15, 0.2) is 5.75 Å². The summed E-state index contributed by atoms with van der Waals surface area (Å²) in [6.07, 6.45) is 1.18. The lowest BCUT2D eigenvalue weighted by Gasteiger charge is -2.35. The second kappa shape index (κ2) is 9.30. The Bertz CT molecular complexity index is 850. The van der Waals surface area contributed by atoms with Crippen molar-refractivity contribution in [1.82, 2.24) is 9.80 Å². The molecule has 0 atom stereocenters. The summed E-state index contributed by atoms with van der Waals surface area (Å²) in [6, 6.07) is 13.1. The second-order valence-electron chi connectivity index (χ2n) is 6.60. The van der Waals surface area contributed by atoms with Gasteiger partial charge in [-0.2, -0.15) is 0 Å². The number of ether oxygens (including phenoxy) is 1. The molecule has 7 heteroatoms. The number of piperazine rings is 1. The fourth-order valence-electron chi connectivity index (χ4n) is 3.30. The summed E-state index contributed by atoms with van der Waals surface area (Å²) in [5.74, 6) is 0.149.